The maximum atomic E-state index is 14.1. The maximum absolute atomic E-state index is 14.1. The molecule has 0 saturated heterocycles. The molecule has 2 aliphatic rings. The molecule has 0 N–H and O–H groups in total. The molecule has 0 aliphatic carbocycles. The van der Waals surface area contributed by atoms with Crippen LogP contribution in [-0.4, -0.2) is 54.6 Å². The largest absolute Gasteiger partial charge is 0.454 e. The molecule has 0 saturated carbocycles. The first-order chi connectivity index (χ1) is 21.9. The van der Waals surface area contributed by atoms with Crippen LogP contribution in [0.1, 0.15) is 45.5 Å². The molecule has 4 aromatic rings. The SMILES string of the molecule is Cc1cccc2c1N(C(=O)c1ccc(F)cc1)CCCN(Cc1ccccc1)CCCN(C(=O)Cc1ccc3c(c1)OCO3)C2. The van der Waals surface area contributed by atoms with Gasteiger partial charge >= 0.3 is 0 Å². The molecule has 2 heterocycles. The number of hydrogen-bond acceptors (Lipinski definition) is 5. The van der Waals surface area contributed by atoms with Gasteiger partial charge < -0.3 is 19.3 Å². The third-order valence-corrected chi connectivity index (χ3v) is 8.44. The van der Waals surface area contributed by atoms with E-state index in [0.29, 0.717) is 36.7 Å². The number of hydrogen-bond donors (Lipinski definition) is 0. The Morgan fingerprint density at radius 3 is 2.33 bits per heavy atom. The zero-order chi connectivity index (χ0) is 31.2. The van der Waals surface area contributed by atoms with E-state index in [1.165, 1.54) is 29.8 Å². The lowest BCUT2D eigenvalue weighted by molar-refractivity contribution is -0.131. The molecule has 4 aromatic carbocycles. The number of amides is 2. The van der Waals surface area contributed by atoms with Crippen molar-refractivity contribution in [2.24, 2.45) is 0 Å². The highest BCUT2D eigenvalue weighted by Gasteiger charge is 2.26. The van der Waals surface area contributed by atoms with E-state index in [1.54, 1.807) is 0 Å². The number of nitrogens with zero attached hydrogens (tertiary/aromatic N) is 3. The van der Waals surface area contributed by atoms with Crippen LogP contribution in [-0.2, 0) is 24.3 Å². The topological polar surface area (TPSA) is 62.3 Å². The fraction of sp³-hybridized carbons (Fsp3) is 0.297. The van der Waals surface area contributed by atoms with E-state index in [4.69, 9.17) is 9.47 Å². The lowest BCUT2D eigenvalue weighted by atomic mass is 10.0. The molecular formula is C37H38FN3O4. The summed E-state index contributed by atoms with van der Waals surface area (Å²) >= 11 is 0. The summed E-state index contributed by atoms with van der Waals surface area (Å²) in [7, 11) is 0. The van der Waals surface area contributed by atoms with E-state index in [0.717, 1.165) is 54.9 Å². The first kappa shape index (κ1) is 30.3. The second-order valence-electron chi connectivity index (χ2n) is 11.7. The lowest BCUT2D eigenvalue weighted by Gasteiger charge is -2.33. The molecule has 6 rings (SSSR count). The molecule has 0 aromatic heterocycles. The second kappa shape index (κ2) is 13.9. The molecule has 7 nitrogen and oxygen atoms in total. The highest BCUT2D eigenvalue weighted by atomic mass is 19.1. The molecule has 2 aliphatic heterocycles. The minimum atomic E-state index is -0.384. The molecule has 0 fully saturated rings. The van der Waals surface area contributed by atoms with Crippen LogP contribution >= 0.6 is 0 Å². The molecule has 232 valence electrons. The van der Waals surface area contributed by atoms with Crippen molar-refractivity contribution >= 4 is 17.5 Å². The molecule has 0 atom stereocenters. The van der Waals surface area contributed by atoms with Crippen LogP contribution in [0.3, 0.4) is 0 Å². The maximum Gasteiger partial charge on any atom is 0.258 e. The van der Waals surface area contributed by atoms with Crippen molar-refractivity contribution in [2.45, 2.75) is 39.3 Å². The third-order valence-electron chi connectivity index (χ3n) is 8.44. The van der Waals surface area contributed by atoms with Crippen LogP contribution in [0.2, 0.25) is 0 Å². The number of anilines is 1. The van der Waals surface area contributed by atoms with Crippen molar-refractivity contribution in [3.63, 3.8) is 0 Å². The highest BCUT2D eigenvalue weighted by Crippen LogP contribution is 2.33. The molecule has 8 heteroatoms. The van der Waals surface area contributed by atoms with E-state index in [1.807, 2.05) is 71.3 Å². The van der Waals surface area contributed by atoms with Crippen LogP contribution < -0.4 is 14.4 Å². The Bertz CT molecular complexity index is 1640. The van der Waals surface area contributed by atoms with Gasteiger partial charge in [-0.15, -0.1) is 0 Å². The zero-order valence-electron chi connectivity index (χ0n) is 25.6. The first-order valence-corrected chi connectivity index (χ1v) is 15.5. The van der Waals surface area contributed by atoms with E-state index in [9.17, 15) is 14.0 Å². The van der Waals surface area contributed by atoms with Crippen LogP contribution in [0.4, 0.5) is 10.1 Å². The average molecular weight is 608 g/mol. The van der Waals surface area contributed by atoms with Crippen LogP contribution in [0, 0.1) is 12.7 Å². The molecule has 45 heavy (non-hydrogen) atoms. The molecule has 0 spiro atoms. The Labute approximate surface area is 263 Å². The smallest absolute Gasteiger partial charge is 0.258 e. The molecule has 0 unspecified atom stereocenters. The van der Waals surface area contributed by atoms with Gasteiger partial charge in [0.2, 0.25) is 12.7 Å². The summed E-state index contributed by atoms with van der Waals surface area (Å²) < 4.78 is 24.8. The average Bonchev–Trinajstić information content (AvgIpc) is 3.51. The van der Waals surface area contributed by atoms with Crippen molar-refractivity contribution in [1.82, 2.24) is 9.80 Å². The van der Waals surface area contributed by atoms with Gasteiger partial charge in [0, 0.05) is 44.8 Å². The van der Waals surface area contributed by atoms with Gasteiger partial charge in [-0.1, -0.05) is 54.6 Å². The summed E-state index contributed by atoms with van der Waals surface area (Å²) in [5.74, 6) is 0.776. The summed E-state index contributed by atoms with van der Waals surface area (Å²) in [6.07, 6.45) is 1.81. The fourth-order valence-electron chi connectivity index (χ4n) is 6.18. The monoisotopic (exact) mass is 607 g/mol. The summed E-state index contributed by atoms with van der Waals surface area (Å²) in [4.78, 5) is 34.1. The number of para-hydroxylation sites is 1. The molecule has 0 bridgehead atoms. The molecule has 0 radical (unpaired) electrons. The Morgan fingerprint density at radius 1 is 0.778 bits per heavy atom. The van der Waals surface area contributed by atoms with Crippen LogP contribution in [0.25, 0.3) is 0 Å². The number of carbonyl (C=O) groups excluding carboxylic acids is 2. The van der Waals surface area contributed by atoms with Crippen LogP contribution in [0.5, 0.6) is 11.5 Å². The number of fused-ring (bicyclic) bond motifs is 2. The standard InChI is InChI=1S/C37H38FN3O4/c1-27-8-5-11-31-25-40(35(42)23-29-12-17-33-34(22-29)45-26-44-33)20-6-18-39(24-28-9-3-2-4-10-28)19-7-21-41(36(27)31)37(43)30-13-15-32(38)16-14-30/h2-5,8-17,22H,6-7,18-21,23-26H2,1H3. The van der Waals surface area contributed by atoms with Gasteiger partial charge in [0.1, 0.15) is 5.82 Å². The van der Waals surface area contributed by atoms with Crippen LogP contribution in [0.15, 0.2) is 91.0 Å². The van der Waals surface area contributed by atoms with E-state index in [2.05, 4.69) is 17.0 Å². The Balaban J connectivity index is 1.32. The van der Waals surface area contributed by atoms with Crippen molar-refractivity contribution in [3.05, 3.63) is 125 Å². The number of halogens is 1. The minimum absolute atomic E-state index is 0.00408. The first-order valence-electron chi connectivity index (χ1n) is 15.5. The Hall–Kier alpha value is -4.69. The third kappa shape index (κ3) is 7.35. The zero-order valence-corrected chi connectivity index (χ0v) is 25.6. The minimum Gasteiger partial charge on any atom is -0.454 e. The van der Waals surface area contributed by atoms with Crippen molar-refractivity contribution in [1.29, 1.82) is 0 Å². The van der Waals surface area contributed by atoms with Gasteiger partial charge in [-0.05, 0) is 78.4 Å². The van der Waals surface area contributed by atoms with E-state index >= 15 is 0 Å². The highest BCUT2D eigenvalue weighted by molar-refractivity contribution is 6.07. The summed E-state index contributed by atoms with van der Waals surface area (Å²) in [6.45, 7) is 6.00. The van der Waals surface area contributed by atoms with E-state index < -0.39 is 0 Å². The van der Waals surface area contributed by atoms with Gasteiger partial charge in [-0.25, -0.2) is 4.39 Å². The predicted octanol–water partition coefficient (Wildman–Crippen LogP) is 6.38. The van der Waals surface area contributed by atoms with Crippen molar-refractivity contribution < 1.29 is 23.5 Å². The van der Waals surface area contributed by atoms with Crippen molar-refractivity contribution in [3.8, 4) is 11.5 Å². The van der Waals surface area contributed by atoms with Gasteiger partial charge in [0.25, 0.3) is 5.91 Å². The summed E-state index contributed by atoms with van der Waals surface area (Å²) in [6, 6.07) is 27.7. The molecule has 2 amide bonds. The number of rotatable bonds is 5. The fourth-order valence-corrected chi connectivity index (χ4v) is 6.18. The van der Waals surface area contributed by atoms with E-state index in [-0.39, 0.29) is 30.8 Å². The van der Waals surface area contributed by atoms with Gasteiger partial charge in [-0.2, -0.15) is 0 Å². The van der Waals surface area contributed by atoms with Gasteiger partial charge in [0.05, 0.1) is 12.1 Å². The normalized spacial score (nSPS) is 15.6. The number of carbonyl (C=O) groups is 2. The number of ether oxygens (including phenoxy) is 2. The summed E-state index contributed by atoms with van der Waals surface area (Å²) in [5, 5.41) is 0. The van der Waals surface area contributed by atoms with Crippen molar-refractivity contribution in [2.75, 3.05) is 37.9 Å². The Kier molecular flexibility index (Phi) is 9.41. The quantitative estimate of drug-likeness (QED) is 0.264. The predicted molar refractivity (Wildman–Crippen MR) is 172 cm³/mol. The number of aryl methyl sites for hydroxylation is 1. The van der Waals surface area contributed by atoms with Gasteiger partial charge in [0.15, 0.2) is 11.5 Å². The number of benzene rings is 4. The van der Waals surface area contributed by atoms with Gasteiger partial charge in [-0.3, -0.25) is 14.5 Å². The molecular weight excluding hydrogens is 569 g/mol. The Morgan fingerprint density at radius 2 is 1.53 bits per heavy atom. The summed E-state index contributed by atoms with van der Waals surface area (Å²) in [5.41, 5.74) is 5.17. The second-order valence-corrected chi connectivity index (χ2v) is 11.7. The lowest BCUT2D eigenvalue weighted by Crippen LogP contribution is -2.39.